The van der Waals surface area contributed by atoms with E-state index in [0.29, 0.717) is 11.3 Å². The van der Waals surface area contributed by atoms with E-state index < -0.39 is 41.1 Å². The fourth-order valence-corrected chi connectivity index (χ4v) is 2.06. The fraction of sp³-hybridized carbons (Fsp3) is 0.333. The minimum atomic E-state index is -4.77. The van der Waals surface area contributed by atoms with E-state index >= 15 is 0 Å². The number of thiophene rings is 1. The van der Waals surface area contributed by atoms with Gasteiger partial charge >= 0.3 is 17.1 Å². The summed E-state index contributed by atoms with van der Waals surface area (Å²) in [6.45, 7) is -2.89. The number of halogens is 3. The van der Waals surface area contributed by atoms with Crippen LogP contribution in [-0.2, 0) is 4.79 Å². The Hall–Kier alpha value is -2.17. The van der Waals surface area contributed by atoms with Gasteiger partial charge in [0.1, 0.15) is 13.1 Å². The summed E-state index contributed by atoms with van der Waals surface area (Å²) in [5.41, 5.74) is 0. The maximum Gasteiger partial charge on any atom is 0.406 e. The molecule has 1 heterocycles. The first-order valence-electron chi connectivity index (χ1n) is 4.92. The third-order valence-electron chi connectivity index (χ3n) is 1.97. The van der Waals surface area contributed by atoms with Gasteiger partial charge in [0, 0.05) is 6.07 Å². The molecule has 0 aliphatic rings. The summed E-state index contributed by atoms with van der Waals surface area (Å²) in [4.78, 5) is 31.6. The van der Waals surface area contributed by atoms with Crippen molar-refractivity contribution < 1.29 is 32.8 Å². The molecule has 0 saturated carbocycles. The number of nitro groups is 1. The van der Waals surface area contributed by atoms with Crippen molar-refractivity contribution in [2.45, 2.75) is 6.18 Å². The standard InChI is InChI=1S/C9H7F3N2O5S/c10-9(11,12)4-13(3-7(15)16)8(17)5-1-2-6(20-5)14(18)19/h1-2H,3-4H2,(H,15,16). The first-order chi connectivity index (χ1) is 9.10. The van der Waals surface area contributed by atoms with E-state index in [1.165, 1.54) is 0 Å². The summed E-state index contributed by atoms with van der Waals surface area (Å²) in [7, 11) is 0. The number of aliphatic carboxylic acids is 1. The van der Waals surface area contributed by atoms with Crippen molar-refractivity contribution >= 4 is 28.2 Å². The van der Waals surface area contributed by atoms with Gasteiger partial charge in [0.25, 0.3) is 5.91 Å². The van der Waals surface area contributed by atoms with Gasteiger partial charge in [0.05, 0.1) is 9.80 Å². The molecule has 7 nitrogen and oxygen atoms in total. The van der Waals surface area contributed by atoms with Gasteiger partial charge in [-0.2, -0.15) is 13.2 Å². The highest BCUT2D eigenvalue weighted by Crippen LogP contribution is 2.26. The number of carboxylic acids is 1. The maximum atomic E-state index is 12.3. The third-order valence-corrected chi connectivity index (χ3v) is 2.99. The number of hydrogen-bond acceptors (Lipinski definition) is 5. The SMILES string of the molecule is O=C(O)CN(CC(F)(F)F)C(=O)c1ccc([N+](=O)[O-])s1. The van der Waals surface area contributed by atoms with Gasteiger partial charge in [-0.15, -0.1) is 0 Å². The van der Waals surface area contributed by atoms with Gasteiger partial charge in [-0.05, 0) is 6.07 Å². The van der Waals surface area contributed by atoms with Crippen LogP contribution in [-0.4, -0.2) is 46.1 Å². The van der Waals surface area contributed by atoms with Gasteiger partial charge < -0.3 is 10.0 Å². The maximum absolute atomic E-state index is 12.3. The Kier molecular flexibility index (Phi) is 4.65. The second-order valence-corrected chi connectivity index (χ2v) is 4.63. The van der Waals surface area contributed by atoms with Crippen LogP contribution in [0.15, 0.2) is 12.1 Å². The number of hydrogen-bond donors (Lipinski definition) is 1. The van der Waals surface area contributed by atoms with Crippen LogP contribution >= 0.6 is 11.3 Å². The molecule has 0 aromatic carbocycles. The van der Waals surface area contributed by atoms with E-state index in [1.54, 1.807) is 0 Å². The average molecular weight is 312 g/mol. The van der Waals surface area contributed by atoms with E-state index in [0.717, 1.165) is 12.1 Å². The molecule has 0 aliphatic carbocycles. The molecule has 110 valence electrons. The van der Waals surface area contributed by atoms with Crippen LogP contribution in [0.5, 0.6) is 0 Å². The molecule has 0 spiro atoms. The molecule has 20 heavy (non-hydrogen) atoms. The number of nitrogens with zero attached hydrogens (tertiary/aromatic N) is 2. The predicted molar refractivity (Wildman–Crippen MR) is 60.6 cm³/mol. The number of carboxylic acid groups (broad SMARTS) is 1. The van der Waals surface area contributed by atoms with Gasteiger partial charge in [-0.3, -0.25) is 19.7 Å². The molecule has 0 saturated heterocycles. The molecule has 1 rings (SSSR count). The van der Waals surface area contributed by atoms with Crippen LogP contribution in [0.1, 0.15) is 9.67 Å². The smallest absolute Gasteiger partial charge is 0.406 e. The van der Waals surface area contributed by atoms with Crippen molar-refractivity contribution in [2.75, 3.05) is 13.1 Å². The van der Waals surface area contributed by atoms with Gasteiger partial charge in [-0.1, -0.05) is 11.3 Å². The number of amides is 1. The first kappa shape index (κ1) is 15.9. The highest BCUT2D eigenvalue weighted by molar-refractivity contribution is 7.17. The second-order valence-electron chi connectivity index (χ2n) is 3.57. The van der Waals surface area contributed by atoms with E-state index in [4.69, 9.17) is 5.11 Å². The largest absolute Gasteiger partial charge is 0.480 e. The van der Waals surface area contributed by atoms with Gasteiger partial charge in [-0.25, -0.2) is 0 Å². The Balaban J connectivity index is 2.96. The summed E-state index contributed by atoms with van der Waals surface area (Å²) < 4.78 is 36.8. The second kappa shape index (κ2) is 5.86. The van der Waals surface area contributed by atoms with Crippen molar-refractivity contribution in [1.82, 2.24) is 4.90 Å². The van der Waals surface area contributed by atoms with Crippen LogP contribution in [0.3, 0.4) is 0 Å². The van der Waals surface area contributed by atoms with Crippen molar-refractivity contribution in [1.29, 1.82) is 0 Å². The van der Waals surface area contributed by atoms with Crippen molar-refractivity contribution in [3.05, 3.63) is 27.1 Å². The Morgan fingerprint density at radius 3 is 2.40 bits per heavy atom. The quantitative estimate of drug-likeness (QED) is 0.659. The molecule has 1 amide bonds. The molecule has 0 atom stereocenters. The molecule has 11 heteroatoms. The highest BCUT2D eigenvalue weighted by atomic mass is 32.1. The molecule has 1 N–H and O–H groups in total. The Bertz CT molecular complexity index is 542. The monoisotopic (exact) mass is 312 g/mol. The number of rotatable bonds is 5. The Morgan fingerprint density at radius 2 is 2.00 bits per heavy atom. The van der Waals surface area contributed by atoms with E-state index in [2.05, 4.69) is 0 Å². The minimum absolute atomic E-state index is 0.0674. The molecule has 0 bridgehead atoms. The van der Waals surface area contributed by atoms with Crippen molar-refractivity contribution in [3.63, 3.8) is 0 Å². The van der Waals surface area contributed by atoms with Gasteiger partial charge in [0.2, 0.25) is 0 Å². The topological polar surface area (TPSA) is 101 Å². The molecule has 0 fully saturated rings. The molecule has 0 radical (unpaired) electrons. The molecular weight excluding hydrogens is 305 g/mol. The summed E-state index contributed by atoms with van der Waals surface area (Å²) in [5, 5.41) is 18.5. The van der Waals surface area contributed by atoms with E-state index in [1.807, 2.05) is 0 Å². The van der Waals surface area contributed by atoms with Crippen LogP contribution in [0.25, 0.3) is 0 Å². The molecule has 1 aromatic heterocycles. The zero-order valence-corrected chi connectivity index (χ0v) is 10.4. The van der Waals surface area contributed by atoms with E-state index in [-0.39, 0.29) is 9.78 Å². The van der Waals surface area contributed by atoms with Crippen LogP contribution in [0, 0.1) is 10.1 Å². The van der Waals surface area contributed by atoms with Crippen molar-refractivity contribution in [2.24, 2.45) is 0 Å². The summed E-state index contributed by atoms with van der Waals surface area (Å²) >= 11 is 0.380. The zero-order valence-electron chi connectivity index (χ0n) is 9.59. The lowest BCUT2D eigenvalue weighted by molar-refractivity contribution is -0.380. The average Bonchev–Trinajstić information content (AvgIpc) is 2.73. The molecule has 1 aromatic rings. The van der Waals surface area contributed by atoms with Crippen LogP contribution in [0.4, 0.5) is 18.2 Å². The predicted octanol–water partition coefficient (Wildman–Crippen LogP) is 1.75. The number of alkyl halides is 3. The fourth-order valence-electron chi connectivity index (χ4n) is 1.28. The number of carbonyl (C=O) groups excluding carboxylic acids is 1. The highest BCUT2D eigenvalue weighted by Gasteiger charge is 2.35. The molecular formula is C9H7F3N2O5S. The summed E-state index contributed by atoms with van der Waals surface area (Å²) in [6, 6.07) is 1.95. The zero-order chi connectivity index (χ0) is 15.5. The number of carbonyl (C=O) groups is 2. The Morgan fingerprint density at radius 1 is 1.40 bits per heavy atom. The minimum Gasteiger partial charge on any atom is -0.480 e. The molecule has 0 aliphatic heterocycles. The van der Waals surface area contributed by atoms with Gasteiger partial charge in [0.15, 0.2) is 0 Å². The van der Waals surface area contributed by atoms with Crippen molar-refractivity contribution in [3.8, 4) is 0 Å². The summed E-state index contributed by atoms with van der Waals surface area (Å²) in [5.74, 6) is -2.84. The lowest BCUT2D eigenvalue weighted by Gasteiger charge is -2.21. The first-order valence-corrected chi connectivity index (χ1v) is 5.74. The third kappa shape index (κ3) is 4.50. The molecule has 0 unspecified atom stereocenters. The lowest BCUT2D eigenvalue weighted by atomic mass is 10.3. The van der Waals surface area contributed by atoms with E-state index in [9.17, 15) is 32.9 Å². The lowest BCUT2D eigenvalue weighted by Crippen LogP contribution is -2.41. The Labute approximate surface area is 113 Å². The normalized spacial score (nSPS) is 11.2. The van der Waals surface area contributed by atoms with Crippen LogP contribution < -0.4 is 0 Å². The summed E-state index contributed by atoms with van der Waals surface area (Å²) in [6.07, 6.45) is -4.77. The van der Waals surface area contributed by atoms with Crippen LogP contribution in [0.2, 0.25) is 0 Å².